The van der Waals surface area contributed by atoms with Crippen LogP contribution in [0.2, 0.25) is 0 Å². The van der Waals surface area contributed by atoms with Gasteiger partial charge in [-0.3, -0.25) is 14.4 Å². The van der Waals surface area contributed by atoms with Gasteiger partial charge in [0.2, 0.25) is 0 Å². The third-order valence-corrected chi connectivity index (χ3v) is 12.5. The Hall–Kier alpha value is -4.44. The van der Waals surface area contributed by atoms with E-state index in [0.29, 0.717) is 0 Å². The van der Waals surface area contributed by atoms with Crippen molar-refractivity contribution in [2.75, 3.05) is 0 Å². The highest BCUT2D eigenvalue weighted by molar-refractivity contribution is 8.25. The number of rotatable bonds is 3. The van der Waals surface area contributed by atoms with Crippen molar-refractivity contribution in [3.05, 3.63) is 128 Å². The molecule has 4 aromatic carbocycles. The molecular weight excluding hydrogens is 515 g/mol. The fourth-order valence-electron chi connectivity index (χ4n) is 5.75. The van der Waals surface area contributed by atoms with Crippen LogP contribution >= 0.6 is 6.04 Å². The van der Waals surface area contributed by atoms with Gasteiger partial charge in [0.05, 0.1) is 22.1 Å². The molecule has 4 heterocycles. The molecule has 0 saturated carbocycles. The molecule has 0 fully saturated rings. The van der Waals surface area contributed by atoms with Crippen LogP contribution in [0.15, 0.2) is 128 Å². The number of para-hydroxylation sites is 1. The first-order valence-electron chi connectivity index (χ1n) is 12.8. The molecule has 0 aliphatic carbocycles. The number of hydrogen-bond donors (Lipinski definition) is 0. The molecule has 0 bridgehead atoms. The van der Waals surface area contributed by atoms with Gasteiger partial charge in [-0.2, -0.15) is 0 Å². The van der Waals surface area contributed by atoms with Crippen LogP contribution in [0.3, 0.4) is 0 Å². The van der Waals surface area contributed by atoms with E-state index in [2.05, 4.69) is 117 Å². The average molecular weight is 537 g/mol. The summed E-state index contributed by atoms with van der Waals surface area (Å²) in [5.41, 5.74) is 5.08. The van der Waals surface area contributed by atoms with Crippen LogP contribution in [0, 0.1) is 0 Å². The first kappa shape index (κ1) is 22.5. The molecule has 6 heteroatoms. The third kappa shape index (κ3) is 3.31. The smallest absolute Gasteiger partial charge is 0.146 e. The topological polar surface area (TPSA) is 43.1 Å². The SMILES string of the molecule is S=P(c1ccncc1)(c1ccc2cccnc2c1)c1ccc2c(c1)nc1c3ccccc3c3ccccc3n21. The molecule has 0 N–H and O–H groups in total. The summed E-state index contributed by atoms with van der Waals surface area (Å²) in [7, 11) is 0. The minimum absolute atomic E-state index is 0.941. The molecule has 0 spiro atoms. The van der Waals surface area contributed by atoms with E-state index in [1.165, 1.54) is 10.8 Å². The Morgan fingerprint density at radius 1 is 0.564 bits per heavy atom. The Bertz CT molecular complexity index is 2270. The van der Waals surface area contributed by atoms with E-state index >= 15 is 0 Å². The average Bonchev–Trinajstić information content (AvgIpc) is 3.40. The molecular formula is C33H21N4PS. The largest absolute Gasteiger partial charge is 0.292 e. The maximum Gasteiger partial charge on any atom is 0.146 e. The molecule has 0 amide bonds. The van der Waals surface area contributed by atoms with Crippen LogP contribution in [0.4, 0.5) is 0 Å². The Morgan fingerprint density at radius 2 is 1.28 bits per heavy atom. The van der Waals surface area contributed by atoms with Gasteiger partial charge in [0.25, 0.3) is 0 Å². The molecule has 8 aromatic rings. The fourth-order valence-corrected chi connectivity index (χ4v) is 9.42. The van der Waals surface area contributed by atoms with Crippen molar-refractivity contribution in [3.8, 4) is 0 Å². The molecule has 4 nitrogen and oxygen atoms in total. The summed E-state index contributed by atoms with van der Waals surface area (Å²) in [5.74, 6) is 0. The van der Waals surface area contributed by atoms with E-state index in [1.54, 1.807) is 0 Å². The number of nitrogens with zero attached hydrogens (tertiary/aromatic N) is 4. The zero-order valence-corrected chi connectivity index (χ0v) is 22.5. The van der Waals surface area contributed by atoms with Crippen molar-refractivity contribution >= 4 is 83.0 Å². The zero-order valence-electron chi connectivity index (χ0n) is 20.8. The first-order chi connectivity index (χ1) is 19.2. The molecule has 8 rings (SSSR count). The van der Waals surface area contributed by atoms with Crippen LogP contribution < -0.4 is 15.9 Å². The minimum atomic E-state index is -2.42. The number of imidazole rings is 1. The second-order valence-corrected chi connectivity index (χ2v) is 14.1. The van der Waals surface area contributed by atoms with Crippen molar-refractivity contribution in [2.24, 2.45) is 0 Å². The van der Waals surface area contributed by atoms with E-state index in [9.17, 15) is 0 Å². The minimum Gasteiger partial charge on any atom is -0.292 e. The van der Waals surface area contributed by atoms with Gasteiger partial charge in [-0.15, -0.1) is 0 Å². The predicted octanol–water partition coefficient (Wildman–Crippen LogP) is 6.49. The molecule has 0 radical (unpaired) electrons. The van der Waals surface area contributed by atoms with Gasteiger partial charge in [-0.1, -0.05) is 78.5 Å². The Balaban J connectivity index is 1.44. The normalized spacial score (nSPS) is 13.4. The van der Waals surface area contributed by atoms with Gasteiger partial charge in [0, 0.05) is 40.8 Å². The van der Waals surface area contributed by atoms with Crippen molar-refractivity contribution in [2.45, 2.75) is 0 Å². The molecule has 184 valence electrons. The number of pyridine rings is 3. The molecule has 0 saturated heterocycles. The van der Waals surface area contributed by atoms with E-state index in [0.717, 1.165) is 54.4 Å². The molecule has 1 atom stereocenters. The standard InChI is InChI=1S/C33H21N4PS/c39-38(23-15-18-34-19-16-23,24-12-11-22-6-5-17-35-29(22)20-24)25-13-14-32-30(21-25)36-33-28-9-2-1-7-26(28)27-8-3-4-10-31(27)37(32)33/h1-21H. The third-order valence-electron chi connectivity index (χ3n) is 7.58. The van der Waals surface area contributed by atoms with Crippen LogP contribution in [-0.2, 0) is 11.8 Å². The Kier molecular flexibility index (Phi) is 4.93. The summed E-state index contributed by atoms with van der Waals surface area (Å²) in [5, 5.41) is 7.98. The Labute approximate surface area is 229 Å². The molecule has 39 heavy (non-hydrogen) atoms. The molecule has 0 aliphatic rings. The van der Waals surface area contributed by atoms with Gasteiger partial charge in [-0.25, -0.2) is 4.98 Å². The van der Waals surface area contributed by atoms with Crippen LogP contribution in [0.5, 0.6) is 0 Å². The van der Waals surface area contributed by atoms with Crippen molar-refractivity contribution in [3.63, 3.8) is 0 Å². The van der Waals surface area contributed by atoms with Crippen LogP contribution in [0.1, 0.15) is 0 Å². The van der Waals surface area contributed by atoms with E-state index in [4.69, 9.17) is 16.8 Å². The predicted molar refractivity (Wildman–Crippen MR) is 167 cm³/mol. The fraction of sp³-hybridized carbons (Fsp3) is 0. The molecule has 4 aromatic heterocycles. The summed E-state index contributed by atoms with van der Waals surface area (Å²) in [4.78, 5) is 14.1. The second kappa shape index (κ2) is 8.54. The first-order valence-corrected chi connectivity index (χ1v) is 15.6. The Morgan fingerprint density at radius 3 is 2.13 bits per heavy atom. The number of benzene rings is 4. The molecule has 0 aliphatic heterocycles. The summed E-state index contributed by atoms with van der Waals surface area (Å²) < 4.78 is 2.28. The quantitative estimate of drug-likeness (QED) is 0.191. The lowest BCUT2D eigenvalue weighted by Crippen LogP contribution is -2.25. The van der Waals surface area contributed by atoms with Crippen molar-refractivity contribution in [1.82, 2.24) is 19.4 Å². The number of aromatic nitrogens is 4. The summed E-state index contributed by atoms with van der Waals surface area (Å²) in [6, 6.07) is 35.8. The highest BCUT2D eigenvalue weighted by Crippen LogP contribution is 2.44. The number of fused-ring (bicyclic) bond motifs is 9. The van der Waals surface area contributed by atoms with Gasteiger partial charge in [0.1, 0.15) is 5.65 Å². The lowest BCUT2D eigenvalue weighted by atomic mass is 10.1. The van der Waals surface area contributed by atoms with Crippen LogP contribution in [0.25, 0.3) is 49.3 Å². The van der Waals surface area contributed by atoms with Crippen molar-refractivity contribution in [1.29, 1.82) is 0 Å². The van der Waals surface area contributed by atoms with Gasteiger partial charge in [0.15, 0.2) is 0 Å². The maximum atomic E-state index is 6.68. The van der Waals surface area contributed by atoms with E-state index < -0.39 is 6.04 Å². The van der Waals surface area contributed by atoms with E-state index in [1.807, 2.05) is 24.7 Å². The second-order valence-electron chi connectivity index (χ2n) is 9.70. The number of hydrogen-bond acceptors (Lipinski definition) is 4. The monoisotopic (exact) mass is 536 g/mol. The summed E-state index contributed by atoms with van der Waals surface area (Å²) in [6.07, 6.45) is 5.49. The summed E-state index contributed by atoms with van der Waals surface area (Å²) in [6.45, 7) is 0. The highest BCUT2D eigenvalue weighted by Gasteiger charge is 2.26. The highest BCUT2D eigenvalue weighted by atomic mass is 32.4. The zero-order chi connectivity index (χ0) is 26.0. The van der Waals surface area contributed by atoms with Gasteiger partial charge >= 0.3 is 0 Å². The van der Waals surface area contributed by atoms with Gasteiger partial charge in [-0.05, 0) is 63.8 Å². The molecule has 1 unspecified atom stereocenters. The van der Waals surface area contributed by atoms with Gasteiger partial charge < -0.3 is 0 Å². The summed E-state index contributed by atoms with van der Waals surface area (Å²) >= 11 is 6.68. The van der Waals surface area contributed by atoms with Crippen LogP contribution in [-0.4, -0.2) is 19.4 Å². The van der Waals surface area contributed by atoms with Crippen molar-refractivity contribution < 1.29 is 0 Å². The lowest BCUT2D eigenvalue weighted by molar-refractivity contribution is 1.31. The maximum absolute atomic E-state index is 6.68. The lowest BCUT2D eigenvalue weighted by Gasteiger charge is -2.24. The van der Waals surface area contributed by atoms with E-state index in [-0.39, 0.29) is 0 Å².